The number of aryl methyl sites for hydroxylation is 1. The molecule has 0 aliphatic heterocycles. The second kappa shape index (κ2) is 6.91. The van der Waals surface area contributed by atoms with Gasteiger partial charge in [0, 0.05) is 24.0 Å². The molecule has 4 heterocycles. The Morgan fingerprint density at radius 2 is 2.12 bits per heavy atom. The quantitative estimate of drug-likeness (QED) is 0.571. The molecule has 0 unspecified atom stereocenters. The average molecular weight is 349 g/mol. The number of hydrogen-bond acceptors (Lipinski definition) is 7. The highest BCUT2D eigenvalue weighted by molar-refractivity contribution is 5.50. The minimum absolute atomic E-state index is 0.191. The Hall–Kier alpha value is -3.29. The van der Waals surface area contributed by atoms with Crippen molar-refractivity contribution in [3.05, 3.63) is 54.3 Å². The molecule has 0 aromatic carbocycles. The molecule has 0 saturated heterocycles. The molecule has 0 fully saturated rings. The average Bonchev–Trinajstić information content (AvgIpc) is 3.32. The van der Waals surface area contributed by atoms with E-state index in [1.165, 1.54) is 0 Å². The van der Waals surface area contributed by atoms with Crippen LogP contribution in [0.3, 0.4) is 0 Å². The largest absolute Gasteiger partial charge is 0.358 e. The van der Waals surface area contributed by atoms with Crippen molar-refractivity contribution in [2.75, 3.05) is 5.32 Å². The summed E-state index contributed by atoms with van der Waals surface area (Å²) in [5.41, 5.74) is 2.51. The van der Waals surface area contributed by atoms with E-state index in [-0.39, 0.29) is 6.04 Å². The van der Waals surface area contributed by atoms with Gasteiger partial charge in [-0.2, -0.15) is 14.6 Å². The molecular weight excluding hydrogens is 330 g/mol. The topological polar surface area (TPSA) is 94.0 Å². The molecule has 0 spiro atoms. The van der Waals surface area contributed by atoms with E-state index in [0.717, 1.165) is 30.0 Å². The van der Waals surface area contributed by atoms with Crippen LogP contribution in [-0.4, -0.2) is 29.7 Å². The van der Waals surface area contributed by atoms with Gasteiger partial charge in [-0.15, -0.1) is 0 Å². The summed E-state index contributed by atoms with van der Waals surface area (Å²) in [7, 11) is 0. The van der Waals surface area contributed by atoms with Gasteiger partial charge in [-0.05, 0) is 25.5 Å². The Balaban J connectivity index is 1.60. The van der Waals surface area contributed by atoms with E-state index in [1.54, 1.807) is 16.9 Å². The molecule has 4 rings (SSSR count). The Bertz CT molecular complexity index is 1010. The van der Waals surface area contributed by atoms with Gasteiger partial charge < -0.3 is 9.84 Å². The summed E-state index contributed by atoms with van der Waals surface area (Å²) in [6, 6.07) is 9.29. The maximum atomic E-state index is 5.42. The van der Waals surface area contributed by atoms with E-state index in [9.17, 15) is 0 Å². The minimum Gasteiger partial charge on any atom is -0.358 e. The van der Waals surface area contributed by atoms with Gasteiger partial charge >= 0.3 is 0 Å². The highest BCUT2D eigenvalue weighted by Gasteiger charge is 2.17. The SMILES string of the molecule is CCCc1cc(N[C@H](C)c2nc(-c3ccccn3)no2)n2nccc2n1. The normalized spacial score (nSPS) is 12.4. The first-order valence-electron chi connectivity index (χ1n) is 8.60. The summed E-state index contributed by atoms with van der Waals surface area (Å²) < 4.78 is 7.18. The third-order valence-electron chi connectivity index (χ3n) is 3.99. The van der Waals surface area contributed by atoms with Gasteiger partial charge in [0.1, 0.15) is 17.6 Å². The van der Waals surface area contributed by atoms with Crippen LogP contribution in [-0.2, 0) is 6.42 Å². The van der Waals surface area contributed by atoms with Crippen molar-refractivity contribution in [3.63, 3.8) is 0 Å². The Morgan fingerprint density at radius 3 is 2.92 bits per heavy atom. The van der Waals surface area contributed by atoms with E-state index < -0.39 is 0 Å². The number of hydrogen-bond donors (Lipinski definition) is 1. The van der Waals surface area contributed by atoms with Gasteiger partial charge in [0.15, 0.2) is 5.65 Å². The van der Waals surface area contributed by atoms with Crippen LogP contribution in [0.25, 0.3) is 17.2 Å². The number of fused-ring (bicyclic) bond motifs is 1. The molecule has 0 aliphatic rings. The van der Waals surface area contributed by atoms with Crippen LogP contribution < -0.4 is 5.32 Å². The zero-order valence-electron chi connectivity index (χ0n) is 14.6. The summed E-state index contributed by atoms with van der Waals surface area (Å²) in [4.78, 5) is 13.3. The Kier molecular flexibility index (Phi) is 4.30. The number of pyridine rings is 1. The van der Waals surface area contributed by atoms with Crippen molar-refractivity contribution >= 4 is 11.5 Å². The number of aromatic nitrogens is 6. The van der Waals surface area contributed by atoms with Crippen molar-refractivity contribution in [1.82, 2.24) is 29.7 Å². The first-order chi connectivity index (χ1) is 12.7. The number of nitrogens with one attached hydrogen (secondary N) is 1. The predicted molar refractivity (Wildman–Crippen MR) is 96.5 cm³/mol. The van der Waals surface area contributed by atoms with Crippen molar-refractivity contribution in [2.24, 2.45) is 0 Å². The Labute approximate surface area is 150 Å². The first-order valence-corrected chi connectivity index (χ1v) is 8.60. The zero-order chi connectivity index (χ0) is 17.9. The van der Waals surface area contributed by atoms with Crippen LogP contribution in [0.4, 0.5) is 5.82 Å². The third-order valence-corrected chi connectivity index (χ3v) is 3.99. The van der Waals surface area contributed by atoms with Crippen LogP contribution >= 0.6 is 0 Å². The van der Waals surface area contributed by atoms with Gasteiger partial charge in [0.2, 0.25) is 11.7 Å². The summed E-state index contributed by atoms with van der Waals surface area (Å²) in [5.74, 6) is 1.80. The lowest BCUT2D eigenvalue weighted by Crippen LogP contribution is -2.12. The molecule has 0 saturated carbocycles. The van der Waals surface area contributed by atoms with E-state index in [0.29, 0.717) is 17.4 Å². The molecule has 4 aromatic rings. The lowest BCUT2D eigenvalue weighted by atomic mass is 10.2. The van der Waals surface area contributed by atoms with Crippen LogP contribution in [0.1, 0.15) is 37.9 Å². The second-order valence-electron chi connectivity index (χ2n) is 6.02. The first kappa shape index (κ1) is 16.2. The standard InChI is InChI=1S/C18H19N7O/c1-3-6-13-11-16(25-15(22-13)8-10-20-25)21-12(2)18-23-17(24-26-18)14-7-4-5-9-19-14/h4-5,7-12,21H,3,6H2,1-2H3/t12-/m1/s1. The fourth-order valence-electron chi connectivity index (χ4n) is 2.75. The predicted octanol–water partition coefficient (Wildman–Crippen LogP) is 3.30. The van der Waals surface area contributed by atoms with Crippen molar-refractivity contribution in [1.29, 1.82) is 0 Å². The third kappa shape index (κ3) is 3.13. The van der Waals surface area contributed by atoms with E-state index >= 15 is 0 Å². The van der Waals surface area contributed by atoms with Gasteiger partial charge in [0.25, 0.3) is 0 Å². The van der Waals surface area contributed by atoms with Crippen LogP contribution in [0, 0.1) is 0 Å². The number of rotatable bonds is 6. The van der Waals surface area contributed by atoms with E-state index in [4.69, 9.17) is 4.52 Å². The molecule has 8 nitrogen and oxygen atoms in total. The molecule has 1 atom stereocenters. The van der Waals surface area contributed by atoms with Crippen molar-refractivity contribution in [3.8, 4) is 11.5 Å². The maximum Gasteiger partial charge on any atom is 0.249 e. The smallest absolute Gasteiger partial charge is 0.249 e. The van der Waals surface area contributed by atoms with E-state index in [2.05, 4.69) is 37.4 Å². The molecule has 0 amide bonds. The molecule has 0 bridgehead atoms. The van der Waals surface area contributed by atoms with Gasteiger partial charge in [0.05, 0.1) is 6.20 Å². The van der Waals surface area contributed by atoms with E-state index in [1.807, 2.05) is 37.3 Å². The highest BCUT2D eigenvalue weighted by Crippen LogP contribution is 2.22. The monoisotopic (exact) mass is 349 g/mol. The molecule has 0 aliphatic carbocycles. The molecule has 4 aromatic heterocycles. The second-order valence-corrected chi connectivity index (χ2v) is 6.02. The number of nitrogens with zero attached hydrogens (tertiary/aromatic N) is 6. The molecule has 26 heavy (non-hydrogen) atoms. The fraction of sp³-hybridized carbons (Fsp3) is 0.278. The molecular formula is C18H19N7O. The van der Waals surface area contributed by atoms with Crippen molar-refractivity contribution < 1.29 is 4.52 Å². The molecule has 1 N–H and O–H groups in total. The summed E-state index contributed by atoms with van der Waals surface area (Å²) in [6.07, 6.45) is 5.38. The van der Waals surface area contributed by atoms with Gasteiger partial charge in [-0.1, -0.05) is 24.6 Å². The lowest BCUT2D eigenvalue weighted by molar-refractivity contribution is 0.367. The summed E-state index contributed by atoms with van der Waals surface area (Å²) in [6.45, 7) is 4.10. The zero-order valence-corrected chi connectivity index (χ0v) is 14.6. The van der Waals surface area contributed by atoms with Crippen LogP contribution in [0.5, 0.6) is 0 Å². The fourth-order valence-corrected chi connectivity index (χ4v) is 2.75. The number of anilines is 1. The molecule has 8 heteroatoms. The van der Waals surface area contributed by atoms with Gasteiger partial charge in [-0.3, -0.25) is 4.98 Å². The maximum absolute atomic E-state index is 5.42. The minimum atomic E-state index is -0.191. The molecule has 0 radical (unpaired) electrons. The summed E-state index contributed by atoms with van der Waals surface area (Å²) >= 11 is 0. The lowest BCUT2D eigenvalue weighted by Gasteiger charge is -2.13. The van der Waals surface area contributed by atoms with Crippen molar-refractivity contribution in [2.45, 2.75) is 32.7 Å². The highest BCUT2D eigenvalue weighted by atomic mass is 16.5. The van der Waals surface area contributed by atoms with Gasteiger partial charge in [-0.25, -0.2) is 4.98 Å². The molecule has 132 valence electrons. The summed E-state index contributed by atoms with van der Waals surface area (Å²) in [5, 5.41) is 11.8. The van der Waals surface area contributed by atoms with Crippen LogP contribution in [0.15, 0.2) is 47.2 Å². The Morgan fingerprint density at radius 1 is 1.19 bits per heavy atom. The van der Waals surface area contributed by atoms with Crippen LogP contribution in [0.2, 0.25) is 0 Å².